The first-order chi connectivity index (χ1) is 15.6. The number of aromatic nitrogens is 3. The van der Waals surface area contributed by atoms with Crippen molar-refractivity contribution in [2.24, 2.45) is 0 Å². The van der Waals surface area contributed by atoms with Crippen molar-refractivity contribution in [2.45, 2.75) is 27.0 Å². The fraction of sp³-hybridized carbons (Fsp3) is 0.208. The second-order valence-electron chi connectivity index (χ2n) is 7.16. The van der Waals surface area contributed by atoms with E-state index in [1.54, 1.807) is 23.1 Å². The maximum atomic E-state index is 12.5. The van der Waals surface area contributed by atoms with E-state index in [2.05, 4.69) is 15.4 Å². The van der Waals surface area contributed by atoms with Crippen molar-refractivity contribution < 1.29 is 18.7 Å². The predicted molar refractivity (Wildman–Crippen MR) is 119 cm³/mol. The summed E-state index contributed by atoms with van der Waals surface area (Å²) in [7, 11) is 0. The number of carbonyl (C=O) groups excluding carboxylic acids is 1. The largest absolute Gasteiger partial charge is 0.494 e. The van der Waals surface area contributed by atoms with Crippen LogP contribution in [0.3, 0.4) is 0 Å². The Morgan fingerprint density at radius 1 is 1.00 bits per heavy atom. The maximum Gasteiger partial charge on any atom is 0.293 e. The molecule has 0 aliphatic heterocycles. The Morgan fingerprint density at radius 3 is 2.44 bits per heavy atom. The minimum absolute atomic E-state index is 0.158. The molecule has 0 fully saturated rings. The number of aryl methyl sites for hydroxylation is 1. The highest BCUT2D eigenvalue weighted by Crippen LogP contribution is 2.19. The highest BCUT2D eigenvalue weighted by atomic mass is 16.5. The molecule has 0 radical (unpaired) electrons. The first kappa shape index (κ1) is 21.2. The van der Waals surface area contributed by atoms with Gasteiger partial charge in [-0.05, 0) is 55.8 Å². The van der Waals surface area contributed by atoms with Gasteiger partial charge in [0.2, 0.25) is 5.95 Å². The number of anilines is 1. The number of hydrogen-bond acceptors (Lipinski definition) is 6. The first-order valence-electron chi connectivity index (χ1n) is 10.3. The molecule has 2 aromatic heterocycles. The van der Waals surface area contributed by atoms with E-state index in [1.807, 2.05) is 62.4 Å². The van der Waals surface area contributed by atoms with Crippen LogP contribution in [0, 0.1) is 6.92 Å². The van der Waals surface area contributed by atoms with Gasteiger partial charge in [0.25, 0.3) is 5.91 Å². The third-order valence-electron chi connectivity index (χ3n) is 4.63. The molecule has 0 aliphatic carbocycles. The summed E-state index contributed by atoms with van der Waals surface area (Å²) in [5.74, 6) is 1.94. The van der Waals surface area contributed by atoms with Crippen LogP contribution in [0.2, 0.25) is 0 Å². The fourth-order valence-electron chi connectivity index (χ4n) is 3.00. The molecule has 4 aromatic rings. The van der Waals surface area contributed by atoms with Gasteiger partial charge in [0.15, 0.2) is 5.76 Å². The molecule has 8 heteroatoms. The van der Waals surface area contributed by atoms with E-state index in [9.17, 15) is 4.79 Å². The van der Waals surface area contributed by atoms with Crippen LogP contribution in [-0.4, -0.2) is 27.3 Å². The van der Waals surface area contributed by atoms with E-state index < -0.39 is 5.91 Å². The van der Waals surface area contributed by atoms with Crippen LogP contribution in [-0.2, 0) is 13.2 Å². The van der Waals surface area contributed by atoms with Crippen LogP contribution in [0.4, 0.5) is 5.95 Å². The van der Waals surface area contributed by atoms with Crippen molar-refractivity contribution in [1.82, 2.24) is 14.8 Å². The standard InChI is InChI=1S/C24H24N4O4/c1-3-30-19-8-10-20(11-9-19)31-15-21-12-13-22(32-21)23(29)26-24-25-16-28(27-24)14-18-6-4-17(2)5-7-18/h4-13,16H,3,14-15H2,1-2H3,(H,26,27,29). The van der Waals surface area contributed by atoms with Crippen LogP contribution in [0.15, 0.2) is 71.4 Å². The lowest BCUT2D eigenvalue weighted by molar-refractivity contribution is 0.0991. The summed E-state index contributed by atoms with van der Waals surface area (Å²) >= 11 is 0. The van der Waals surface area contributed by atoms with Gasteiger partial charge < -0.3 is 13.9 Å². The van der Waals surface area contributed by atoms with Gasteiger partial charge in [0.05, 0.1) is 13.2 Å². The fourth-order valence-corrected chi connectivity index (χ4v) is 3.00. The van der Waals surface area contributed by atoms with E-state index >= 15 is 0 Å². The Hall–Kier alpha value is -4.07. The number of nitrogens with zero attached hydrogens (tertiary/aromatic N) is 3. The number of carbonyl (C=O) groups is 1. The van der Waals surface area contributed by atoms with Crippen molar-refractivity contribution in [1.29, 1.82) is 0 Å². The van der Waals surface area contributed by atoms with Crippen LogP contribution < -0.4 is 14.8 Å². The lowest BCUT2D eigenvalue weighted by Crippen LogP contribution is -2.12. The first-order valence-corrected chi connectivity index (χ1v) is 10.3. The zero-order chi connectivity index (χ0) is 22.3. The van der Waals surface area contributed by atoms with Crippen molar-refractivity contribution in [3.63, 3.8) is 0 Å². The van der Waals surface area contributed by atoms with Crippen LogP contribution in [0.25, 0.3) is 0 Å². The molecular formula is C24H24N4O4. The number of nitrogens with one attached hydrogen (secondary N) is 1. The Labute approximate surface area is 185 Å². The van der Waals surface area contributed by atoms with Gasteiger partial charge in [-0.3, -0.25) is 10.1 Å². The lowest BCUT2D eigenvalue weighted by Gasteiger charge is -2.06. The Morgan fingerprint density at radius 2 is 1.72 bits per heavy atom. The van der Waals surface area contributed by atoms with Crippen molar-refractivity contribution in [3.8, 4) is 11.5 Å². The topological polar surface area (TPSA) is 91.4 Å². The third kappa shape index (κ3) is 5.54. The summed E-state index contributed by atoms with van der Waals surface area (Å²) in [6.45, 7) is 5.35. The van der Waals surface area contributed by atoms with Crippen LogP contribution >= 0.6 is 0 Å². The van der Waals surface area contributed by atoms with Crippen LogP contribution in [0.1, 0.15) is 34.4 Å². The molecule has 0 spiro atoms. The SMILES string of the molecule is CCOc1ccc(OCc2ccc(C(=O)Nc3ncn(Cc4ccc(C)cc4)n3)o2)cc1. The highest BCUT2D eigenvalue weighted by Gasteiger charge is 2.14. The van der Waals surface area contributed by atoms with E-state index in [1.165, 1.54) is 5.56 Å². The molecule has 0 aliphatic rings. The Kier molecular flexibility index (Phi) is 6.50. The summed E-state index contributed by atoms with van der Waals surface area (Å²) in [5, 5.41) is 6.94. The molecule has 0 unspecified atom stereocenters. The molecule has 2 heterocycles. The Bertz CT molecular complexity index is 1160. The summed E-state index contributed by atoms with van der Waals surface area (Å²) < 4.78 is 18.4. The second-order valence-corrected chi connectivity index (χ2v) is 7.16. The summed E-state index contributed by atoms with van der Waals surface area (Å²) in [6, 6.07) is 18.8. The van der Waals surface area contributed by atoms with Crippen LogP contribution in [0.5, 0.6) is 11.5 Å². The van der Waals surface area contributed by atoms with Gasteiger partial charge in [-0.2, -0.15) is 0 Å². The van der Waals surface area contributed by atoms with Gasteiger partial charge in [0, 0.05) is 0 Å². The molecule has 164 valence electrons. The van der Waals surface area contributed by atoms with Gasteiger partial charge in [-0.1, -0.05) is 29.8 Å². The smallest absolute Gasteiger partial charge is 0.293 e. The molecule has 4 rings (SSSR count). The molecule has 0 bridgehead atoms. The molecule has 2 aromatic carbocycles. The van der Waals surface area contributed by atoms with Crippen molar-refractivity contribution in [3.05, 3.63) is 89.6 Å². The number of amides is 1. The molecular weight excluding hydrogens is 408 g/mol. The molecule has 0 atom stereocenters. The molecule has 32 heavy (non-hydrogen) atoms. The highest BCUT2D eigenvalue weighted by molar-refractivity contribution is 6.01. The minimum Gasteiger partial charge on any atom is -0.494 e. The summed E-state index contributed by atoms with van der Waals surface area (Å²) in [5.41, 5.74) is 2.30. The number of rotatable bonds is 9. The molecule has 0 saturated heterocycles. The maximum absolute atomic E-state index is 12.5. The summed E-state index contributed by atoms with van der Waals surface area (Å²) in [6.07, 6.45) is 1.58. The molecule has 0 saturated carbocycles. The molecule has 1 amide bonds. The number of hydrogen-bond donors (Lipinski definition) is 1. The third-order valence-corrected chi connectivity index (χ3v) is 4.63. The monoisotopic (exact) mass is 432 g/mol. The van der Waals surface area contributed by atoms with Crippen molar-refractivity contribution >= 4 is 11.9 Å². The van der Waals surface area contributed by atoms with Gasteiger partial charge in [-0.25, -0.2) is 9.67 Å². The van der Waals surface area contributed by atoms with E-state index in [4.69, 9.17) is 13.9 Å². The van der Waals surface area contributed by atoms with Crippen molar-refractivity contribution in [2.75, 3.05) is 11.9 Å². The average molecular weight is 432 g/mol. The molecule has 8 nitrogen and oxygen atoms in total. The van der Waals surface area contributed by atoms with Gasteiger partial charge >= 0.3 is 0 Å². The normalized spacial score (nSPS) is 10.7. The number of benzene rings is 2. The van der Waals surface area contributed by atoms with Gasteiger partial charge in [0.1, 0.15) is 30.2 Å². The van der Waals surface area contributed by atoms with Gasteiger partial charge in [-0.15, -0.1) is 5.10 Å². The number of furan rings is 1. The molecule has 1 N–H and O–H groups in total. The van der Waals surface area contributed by atoms with E-state index in [0.29, 0.717) is 24.7 Å². The second kappa shape index (κ2) is 9.82. The summed E-state index contributed by atoms with van der Waals surface area (Å²) in [4.78, 5) is 16.6. The van der Waals surface area contributed by atoms with E-state index in [0.717, 1.165) is 11.3 Å². The number of ether oxygens (including phenoxy) is 2. The average Bonchev–Trinajstić information content (AvgIpc) is 3.45. The zero-order valence-corrected chi connectivity index (χ0v) is 17.9. The quantitative estimate of drug-likeness (QED) is 0.420. The Balaban J connectivity index is 1.30. The minimum atomic E-state index is -0.426. The zero-order valence-electron chi connectivity index (χ0n) is 17.9. The predicted octanol–water partition coefficient (Wildman–Crippen LogP) is 4.46. The lowest BCUT2D eigenvalue weighted by atomic mass is 10.1. The van der Waals surface area contributed by atoms with E-state index in [-0.39, 0.29) is 18.3 Å².